The zero-order valence-corrected chi connectivity index (χ0v) is 20.4. The fourth-order valence-electron chi connectivity index (χ4n) is 8.81. The molecule has 0 aromatic carbocycles. The third-order valence-corrected chi connectivity index (χ3v) is 10.2. The predicted molar refractivity (Wildman–Crippen MR) is 123 cm³/mol. The Balaban J connectivity index is 1.56. The van der Waals surface area contributed by atoms with E-state index in [2.05, 4.69) is 19.9 Å². The number of rotatable bonds is 5. The van der Waals surface area contributed by atoms with E-state index in [1.165, 1.54) is 5.57 Å². The van der Waals surface area contributed by atoms with Crippen LogP contribution in [0, 0.1) is 34.5 Å². The highest BCUT2D eigenvalue weighted by Gasteiger charge is 2.64. The predicted octanol–water partition coefficient (Wildman–Crippen LogP) is 4.59. The molecule has 0 amide bonds. The van der Waals surface area contributed by atoms with E-state index in [0.717, 1.165) is 51.4 Å². The van der Waals surface area contributed by atoms with Crippen molar-refractivity contribution in [2.24, 2.45) is 34.5 Å². The SMILES string of the molecule is CC(C)(O)CCCC(C)(O)C1C(O)CC2C3CC=C4CC(O)CCC4(C)C3CCC21C. The van der Waals surface area contributed by atoms with E-state index in [0.29, 0.717) is 30.6 Å². The highest BCUT2D eigenvalue weighted by Crippen LogP contribution is 2.67. The first-order valence-corrected chi connectivity index (χ1v) is 12.8. The molecule has 3 fully saturated rings. The summed E-state index contributed by atoms with van der Waals surface area (Å²) in [6.45, 7) is 10.3. The normalized spacial score (nSPS) is 47.1. The van der Waals surface area contributed by atoms with Gasteiger partial charge < -0.3 is 20.4 Å². The van der Waals surface area contributed by atoms with Crippen molar-refractivity contribution in [3.63, 3.8) is 0 Å². The summed E-state index contributed by atoms with van der Waals surface area (Å²) in [7, 11) is 0. The van der Waals surface area contributed by atoms with Gasteiger partial charge in [0.1, 0.15) is 0 Å². The van der Waals surface area contributed by atoms with Crippen molar-refractivity contribution >= 4 is 0 Å². The highest BCUT2D eigenvalue weighted by molar-refractivity contribution is 5.26. The molecule has 4 aliphatic rings. The Morgan fingerprint density at radius 2 is 1.71 bits per heavy atom. The Labute approximate surface area is 189 Å². The van der Waals surface area contributed by atoms with Crippen LogP contribution >= 0.6 is 0 Å². The second-order valence-electron chi connectivity index (χ2n) is 13.0. The van der Waals surface area contributed by atoms with E-state index in [9.17, 15) is 20.4 Å². The van der Waals surface area contributed by atoms with Crippen LogP contribution in [0.25, 0.3) is 0 Å². The molecular weight excluding hydrogens is 388 g/mol. The topological polar surface area (TPSA) is 80.9 Å². The van der Waals surface area contributed by atoms with Crippen molar-refractivity contribution in [2.45, 2.75) is 122 Å². The fraction of sp³-hybridized carbons (Fsp3) is 0.926. The first-order chi connectivity index (χ1) is 14.3. The van der Waals surface area contributed by atoms with Gasteiger partial charge >= 0.3 is 0 Å². The van der Waals surface area contributed by atoms with Crippen molar-refractivity contribution in [1.29, 1.82) is 0 Å². The Morgan fingerprint density at radius 3 is 2.39 bits per heavy atom. The van der Waals surface area contributed by atoms with Gasteiger partial charge in [-0.3, -0.25) is 0 Å². The zero-order chi connectivity index (χ0) is 22.8. The fourth-order valence-corrected chi connectivity index (χ4v) is 8.81. The molecule has 31 heavy (non-hydrogen) atoms. The summed E-state index contributed by atoms with van der Waals surface area (Å²) in [5.74, 6) is 1.52. The Kier molecular flexibility index (Phi) is 5.99. The van der Waals surface area contributed by atoms with Crippen molar-refractivity contribution < 1.29 is 20.4 Å². The molecule has 0 saturated heterocycles. The van der Waals surface area contributed by atoms with E-state index in [4.69, 9.17) is 0 Å². The molecule has 0 spiro atoms. The van der Waals surface area contributed by atoms with Gasteiger partial charge in [0.2, 0.25) is 0 Å². The lowest BCUT2D eigenvalue weighted by molar-refractivity contribution is -0.124. The van der Waals surface area contributed by atoms with E-state index in [-0.39, 0.29) is 22.9 Å². The van der Waals surface area contributed by atoms with Gasteiger partial charge in [-0.15, -0.1) is 0 Å². The summed E-state index contributed by atoms with van der Waals surface area (Å²) < 4.78 is 0. The molecule has 9 atom stereocenters. The molecule has 4 aliphatic carbocycles. The Morgan fingerprint density at radius 1 is 1.00 bits per heavy atom. The lowest BCUT2D eigenvalue weighted by Gasteiger charge is -2.58. The van der Waals surface area contributed by atoms with Crippen LogP contribution < -0.4 is 0 Å². The monoisotopic (exact) mass is 434 g/mol. The molecule has 4 rings (SSSR count). The molecule has 4 nitrogen and oxygen atoms in total. The van der Waals surface area contributed by atoms with Crippen LogP contribution in [0.3, 0.4) is 0 Å². The van der Waals surface area contributed by atoms with Gasteiger partial charge in [-0.2, -0.15) is 0 Å². The summed E-state index contributed by atoms with van der Waals surface area (Å²) in [5.41, 5.74) is -0.0134. The van der Waals surface area contributed by atoms with Crippen LogP contribution in [0.2, 0.25) is 0 Å². The maximum absolute atomic E-state index is 11.6. The minimum Gasteiger partial charge on any atom is -0.393 e. The van der Waals surface area contributed by atoms with Crippen molar-refractivity contribution in [3.8, 4) is 0 Å². The average Bonchev–Trinajstić information content (AvgIpc) is 2.92. The third-order valence-electron chi connectivity index (χ3n) is 10.2. The molecule has 4 N–H and O–H groups in total. The summed E-state index contributed by atoms with van der Waals surface area (Å²) >= 11 is 0. The smallest absolute Gasteiger partial charge is 0.0677 e. The van der Waals surface area contributed by atoms with Gasteiger partial charge in [0.25, 0.3) is 0 Å². The van der Waals surface area contributed by atoms with Crippen LogP contribution in [-0.2, 0) is 0 Å². The van der Waals surface area contributed by atoms with E-state index < -0.39 is 17.3 Å². The molecular formula is C27H46O4. The van der Waals surface area contributed by atoms with Gasteiger partial charge in [0.05, 0.1) is 23.4 Å². The molecule has 0 aromatic rings. The maximum Gasteiger partial charge on any atom is 0.0677 e. The van der Waals surface area contributed by atoms with Gasteiger partial charge in [0.15, 0.2) is 0 Å². The Hall–Kier alpha value is -0.420. The average molecular weight is 435 g/mol. The molecule has 3 saturated carbocycles. The number of fused-ring (bicyclic) bond motifs is 5. The summed E-state index contributed by atoms with van der Waals surface area (Å²) in [5, 5.41) is 43.1. The van der Waals surface area contributed by atoms with Crippen LogP contribution in [0.15, 0.2) is 11.6 Å². The number of aliphatic hydroxyl groups is 4. The molecule has 178 valence electrons. The van der Waals surface area contributed by atoms with Gasteiger partial charge in [-0.05, 0) is 114 Å². The standard InChI is InChI=1S/C27H46O4/c1-24(2,30)11-6-12-27(5,31)23-22(29)16-21-19-8-7-17-15-18(28)9-13-25(17,3)20(19)10-14-26(21,23)4/h7,18-23,28-31H,6,8-16H2,1-5H3. The molecule has 0 aliphatic heterocycles. The largest absolute Gasteiger partial charge is 0.393 e. The molecule has 0 aromatic heterocycles. The van der Waals surface area contributed by atoms with Gasteiger partial charge in [0, 0.05) is 5.92 Å². The van der Waals surface area contributed by atoms with Crippen LogP contribution in [0.5, 0.6) is 0 Å². The Bertz CT molecular complexity index is 707. The number of aliphatic hydroxyl groups excluding tert-OH is 2. The van der Waals surface area contributed by atoms with E-state index in [1.54, 1.807) is 0 Å². The molecule has 9 unspecified atom stereocenters. The van der Waals surface area contributed by atoms with E-state index >= 15 is 0 Å². The lowest BCUT2D eigenvalue weighted by atomic mass is 9.46. The minimum atomic E-state index is -0.921. The van der Waals surface area contributed by atoms with Gasteiger partial charge in [-0.1, -0.05) is 25.5 Å². The van der Waals surface area contributed by atoms with Crippen molar-refractivity contribution in [2.75, 3.05) is 0 Å². The quantitative estimate of drug-likeness (QED) is 0.477. The molecule has 0 heterocycles. The van der Waals surface area contributed by atoms with Crippen molar-refractivity contribution in [3.05, 3.63) is 11.6 Å². The second-order valence-corrected chi connectivity index (χ2v) is 13.0. The number of hydrogen-bond donors (Lipinski definition) is 4. The van der Waals surface area contributed by atoms with Crippen LogP contribution in [0.1, 0.15) is 98.8 Å². The number of hydrogen-bond acceptors (Lipinski definition) is 4. The zero-order valence-electron chi connectivity index (χ0n) is 20.4. The molecule has 0 bridgehead atoms. The first-order valence-electron chi connectivity index (χ1n) is 12.8. The van der Waals surface area contributed by atoms with E-state index in [1.807, 2.05) is 20.8 Å². The first kappa shape index (κ1) is 23.7. The lowest BCUT2D eigenvalue weighted by Crippen LogP contribution is -2.54. The van der Waals surface area contributed by atoms with Crippen LogP contribution in [-0.4, -0.2) is 43.8 Å². The second kappa shape index (κ2) is 7.82. The summed E-state index contributed by atoms with van der Waals surface area (Å²) in [6.07, 6.45) is 10.7. The number of allylic oxidation sites excluding steroid dienone is 1. The molecule has 4 heteroatoms. The highest BCUT2D eigenvalue weighted by atomic mass is 16.3. The summed E-state index contributed by atoms with van der Waals surface area (Å²) in [4.78, 5) is 0. The minimum absolute atomic E-state index is 0.0469. The molecule has 0 radical (unpaired) electrons. The maximum atomic E-state index is 11.6. The van der Waals surface area contributed by atoms with Gasteiger partial charge in [-0.25, -0.2) is 0 Å². The van der Waals surface area contributed by atoms with Crippen molar-refractivity contribution in [1.82, 2.24) is 0 Å². The third kappa shape index (κ3) is 4.05. The summed E-state index contributed by atoms with van der Waals surface area (Å²) in [6, 6.07) is 0. The van der Waals surface area contributed by atoms with Crippen LogP contribution in [0.4, 0.5) is 0 Å².